The molecule has 1 saturated heterocycles. The van der Waals surface area contributed by atoms with Gasteiger partial charge in [0.2, 0.25) is 0 Å². The van der Waals surface area contributed by atoms with E-state index in [-0.39, 0.29) is 5.46 Å². The molecule has 0 bridgehead atoms. The van der Waals surface area contributed by atoms with Gasteiger partial charge in [-0.1, -0.05) is 12.1 Å². The molecule has 1 aromatic rings. The second kappa shape index (κ2) is 4.28. The lowest BCUT2D eigenvalue weighted by Crippen LogP contribution is -2.41. The first-order chi connectivity index (χ1) is 8.66. The minimum absolute atomic E-state index is 0.101. The van der Waals surface area contributed by atoms with Gasteiger partial charge in [-0.3, -0.25) is 10.1 Å². The van der Waals surface area contributed by atoms with Crippen LogP contribution in [-0.4, -0.2) is 23.2 Å². The van der Waals surface area contributed by atoms with Crippen molar-refractivity contribution in [3.05, 3.63) is 34.1 Å². The van der Waals surface area contributed by atoms with Crippen LogP contribution in [0.25, 0.3) is 0 Å². The second-order valence-electron chi connectivity index (χ2n) is 5.52. The lowest BCUT2D eigenvalue weighted by molar-refractivity contribution is -0.386. The van der Waals surface area contributed by atoms with Crippen molar-refractivity contribution in [1.82, 2.24) is 0 Å². The van der Waals surface area contributed by atoms with Gasteiger partial charge in [-0.15, -0.1) is 0 Å². The number of hydrogen-bond donors (Lipinski definition) is 0. The average molecular weight is 267 g/mol. The van der Waals surface area contributed by atoms with E-state index in [4.69, 9.17) is 9.31 Å². The van der Waals surface area contributed by atoms with Crippen LogP contribution in [0, 0.1) is 15.9 Å². The van der Waals surface area contributed by atoms with Crippen molar-refractivity contribution in [1.29, 1.82) is 0 Å². The summed E-state index contributed by atoms with van der Waals surface area (Å²) in [7, 11) is -0.943. The van der Waals surface area contributed by atoms with Crippen LogP contribution in [0.3, 0.4) is 0 Å². The number of rotatable bonds is 2. The van der Waals surface area contributed by atoms with E-state index < -0.39 is 34.7 Å². The third-order valence-corrected chi connectivity index (χ3v) is 3.71. The lowest BCUT2D eigenvalue weighted by atomic mass is 9.78. The van der Waals surface area contributed by atoms with Crippen LogP contribution in [0.2, 0.25) is 0 Å². The number of benzene rings is 1. The Kier molecular flexibility index (Phi) is 3.14. The highest BCUT2D eigenvalue weighted by atomic mass is 19.1. The summed E-state index contributed by atoms with van der Waals surface area (Å²) in [4.78, 5) is 10.2. The standard InChI is InChI=1S/C12H15BFNO4/c1-11(2)12(3,4)19-13(18-11)8-6-5-7-9(14)10(8)15(16)17/h5-7H,1-4H3. The number of nitrogens with zero attached hydrogens (tertiary/aromatic N) is 1. The molecule has 0 saturated carbocycles. The molecule has 2 rings (SSSR count). The molecule has 0 radical (unpaired) electrons. The summed E-state index contributed by atoms with van der Waals surface area (Å²) < 4.78 is 25.0. The van der Waals surface area contributed by atoms with Crippen LogP contribution in [0.1, 0.15) is 27.7 Å². The van der Waals surface area contributed by atoms with E-state index in [0.717, 1.165) is 6.07 Å². The van der Waals surface area contributed by atoms with Crippen molar-refractivity contribution in [2.45, 2.75) is 38.9 Å². The van der Waals surface area contributed by atoms with E-state index in [2.05, 4.69) is 0 Å². The third-order valence-electron chi connectivity index (χ3n) is 3.71. The molecule has 1 aromatic carbocycles. The first-order valence-electron chi connectivity index (χ1n) is 5.94. The number of nitro benzene ring substituents is 1. The molecule has 1 heterocycles. The molecule has 1 aliphatic heterocycles. The predicted molar refractivity (Wildman–Crippen MR) is 68.8 cm³/mol. The van der Waals surface area contributed by atoms with Gasteiger partial charge in [0.1, 0.15) is 0 Å². The number of para-hydroxylation sites is 1. The Labute approximate surface area is 111 Å². The Bertz CT molecular complexity index is 516. The quantitative estimate of drug-likeness (QED) is 0.467. The molecule has 1 aliphatic rings. The SMILES string of the molecule is CC1(C)OB(c2cccc(F)c2[N+](=O)[O-])OC1(C)C. The Morgan fingerprint density at radius 1 is 1.21 bits per heavy atom. The first-order valence-corrected chi connectivity index (χ1v) is 5.94. The monoisotopic (exact) mass is 267 g/mol. The van der Waals surface area contributed by atoms with Crippen LogP contribution in [0.5, 0.6) is 0 Å². The summed E-state index contributed by atoms with van der Waals surface area (Å²) in [5, 5.41) is 11.0. The molecule has 5 nitrogen and oxygen atoms in total. The normalized spacial score (nSPS) is 20.6. The van der Waals surface area contributed by atoms with Crippen molar-refractivity contribution in [3.8, 4) is 0 Å². The maximum Gasteiger partial charge on any atom is 0.502 e. The zero-order valence-electron chi connectivity index (χ0n) is 11.3. The Hall–Kier alpha value is -1.47. The van der Waals surface area contributed by atoms with Gasteiger partial charge in [-0.25, -0.2) is 0 Å². The molecule has 1 fully saturated rings. The molecular weight excluding hydrogens is 252 g/mol. The molecule has 0 aliphatic carbocycles. The number of hydrogen-bond acceptors (Lipinski definition) is 4. The van der Waals surface area contributed by atoms with Gasteiger partial charge >= 0.3 is 12.8 Å². The molecule has 0 unspecified atom stereocenters. The Morgan fingerprint density at radius 2 is 1.74 bits per heavy atom. The smallest absolute Gasteiger partial charge is 0.399 e. The number of halogens is 1. The van der Waals surface area contributed by atoms with Crippen molar-refractivity contribution in [2.24, 2.45) is 0 Å². The second-order valence-corrected chi connectivity index (χ2v) is 5.52. The van der Waals surface area contributed by atoms with Gasteiger partial charge in [0.15, 0.2) is 5.82 Å². The summed E-state index contributed by atoms with van der Waals surface area (Å²) >= 11 is 0. The van der Waals surface area contributed by atoms with Gasteiger partial charge < -0.3 is 9.31 Å². The summed E-state index contributed by atoms with van der Waals surface area (Å²) in [5.41, 5.74) is -1.75. The minimum Gasteiger partial charge on any atom is -0.399 e. The van der Waals surface area contributed by atoms with Crippen LogP contribution >= 0.6 is 0 Å². The fourth-order valence-corrected chi connectivity index (χ4v) is 1.88. The third kappa shape index (κ3) is 2.23. The first kappa shape index (κ1) is 14.0. The van der Waals surface area contributed by atoms with Crippen molar-refractivity contribution < 1.29 is 18.6 Å². The van der Waals surface area contributed by atoms with Crippen LogP contribution in [0.15, 0.2) is 18.2 Å². The van der Waals surface area contributed by atoms with Crippen LogP contribution < -0.4 is 5.46 Å². The van der Waals surface area contributed by atoms with Crippen LogP contribution in [0.4, 0.5) is 10.1 Å². The molecular formula is C12H15BFNO4. The maximum atomic E-state index is 13.6. The summed E-state index contributed by atoms with van der Waals surface area (Å²) in [6.45, 7) is 7.33. The van der Waals surface area contributed by atoms with Crippen LogP contribution in [-0.2, 0) is 9.31 Å². The minimum atomic E-state index is -0.943. The van der Waals surface area contributed by atoms with Gasteiger partial charge in [0, 0.05) is 0 Å². The fourth-order valence-electron chi connectivity index (χ4n) is 1.88. The van der Waals surface area contributed by atoms with Crippen molar-refractivity contribution in [2.75, 3.05) is 0 Å². The van der Waals surface area contributed by atoms with Gasteiger partial charge in [-0.05, 0) is 33.8 Å². The highest BCUT2D eigenvalue weighted by Crippen LogP contribution is 2.37. The van der Waals surface area contributed by atoms with E-state index in [1.54, 1.807) is 0 Å². The highest BCUT2D eigenvalue weighted by Gasteiger charge is 2.53. The van der Waals surface area contributed by atoms with E-state index in [1.807, 2.05) is 27.7 Å². The summed E-state index contributed by atoms with van der Waals surface area (Å²) in [5.74, 6) is -0.891. The topological polar surface area (TPSA) is 61.6 Å². The molecule has 0 atom stereocenters. The van der Waals surface area contributed by atoms with E-state index in [1.165, 1.54) is 12.1 Å². The van der Waals surface area contributed by atoms with Crippen molar-refractivity contribution >= 4 is 18.3 Å². The zero-order valence-corrected chi connectivity index (χ0v) is 11.3. The molecule has 0 aromatic heterocycles. The Morgan fingerprint density at radius 3 is 2.21 bits per heavy atom. The van der Waals surface area contributed by atoms with Gasteiger partial charge in [0.25, 0.3) is 0 Å². The van der Waals surface area contributed by atoms with E-state index in [9.17, 15) is 14.5 Å². The Balaban J connectivity index is 2.46. The number of nitro groups is 1. The van der Waals surface area contributed by atoms with Gasteiger partial charge in [0.05, 0.1) is 21.6 Å². The predicted octanol–water partition coefficient (Wildman–Crippen LogP) is 2.03. The molecule has 0 N–H and O–H groups in total. The average Bonchev–Trinajstić information content (AvgIpc) is 2.47. The maximum absolute atomic E-state index is 13.6. The molecule has 7 heteroatoms. The molecule has 102 valence electrons. The molecule has 19 heavy (non-hydrogen) atoms. The zero-order chi connectivity index (χ0) is 14.4. The van der Waals surface area contributed by atoms with Crippen molar-refractivity contribution in [3.63, 3.8) is 0 Å². The molecule has 0 amide bonds. The van der Waals surface area contributed by atoms with Gasteiger partial charge in [-0.2, -0.15) is 4.39 Å². The fraction of sp³-hybridized carbons (Fsp3) is 0.500. The lowest BCUT2D eigenvalue weighted by Gasteiger charge is -2.32. The van der Waals surface area contributed by atoms with E-state index >= 15 is 0 Å². The summed E-state index contributed by atoms with van der Waals surface area (Å²) in [6.07, 6.45) is 0. The highest BCUT2D eigenvalue weighted by molar-refractivity contribution is 6.63. The largest absolute Gasteiger partial charge is 0.502 e. The summed E-state index contributed by atoms with van der Waals surface area (Å²) in [6, 6.07) is 3.90. The molecule has 0 spiro atoms. The van der Waals surface area contributed by atoms with E-state index in [0.29, 0.717) is 0 Å².